The molecule has 0 radical (unpaired) electrons. The molecule has 1 aliphatic rings. The van der Waals surface area contributed by atoms with E-state index >= 15 is 0 Å². The van der Waals surface area contributed by atoms with Gasteiger partial charge in [-0.15, -0.1) is 0 Å². The van der Waals surface area contributed by atoms with Crippen LogP contribution in [0.25, 0.3) is 5.57 Å². The lowest BCUT2D eigenvalue weighted by Crippen LogP contribution is -2.26. The molecule has 1 aliphatic heterocycles. The van der Waals surface area contributed by atoms with Crippen molar-refractivity contribution in [2.75, 3.05) is 6.61 Å². The molecule has 1 aromatic rings. The largest absolute Gasteiger partial charge is 0.371 e. The fraction of sp³-hybridized carbons (Fsp3) is 0.385. The summed E-state index contributed by atoms with van der Waals surface area (Å²) in [5.74, 6) is 0. The van der Waals surface area contributed by atoms with Gasteiger partial charge in [-0.05, 0) is 37.5 Å². The first kappa shape index (κ1) is 9.47. The highest BCUT2D eigenvalue weighted by molar-refractivity contribution is 5.67. The summed E-state index contributed by atoms with van der Waals surface area (Å²) in [5.41, 5.74) is 2.62. The van der Waals surface area contributed by atoms with E-state index in [2.05, 4.69) is 50.3 Å². The Morgan fingerprint density at radius 3 is 2.50 bits per heavy atom. The van der Waals surface area contributed by atoms with E-state index in [-0.39, 0.29) is 5.60 Å². The van der Waals surface area contributed by atoms with Crippen LogP contribution in [0.2, 0.25) is 0 Å². The van der Waals surface area contributed by atoms with Gasteiger partial charge in [-0.1, -0.05) is 30.3 Å². The van der Waals surface area contributed by atoms with Crippen LogP contribution < -0.4 is 0 Å². The van der Waals surface area contributed by atoms with E-state index in [1.165, 1.54) is 11.1 Å². The van der Waals surface area contributed by atoms with Crippen molar-refractivity contribution in [3.63, 3.8) is 0 Å². The van der Waals surface area contributed by atoms with Crippen molar-refractivity contribution in [1.82, 2.24) is 0 Å². The molecule has 0 saturated heterocycles. The molecule has 0 spiro atoms. The molecule has 2 rings (SSSR count). The van der Waals surface area contributed by atoms with Gasteiger partial charge < -0.3 is 4.74 Å². The molecule has 0 fully saturated rings. The average Bonchev–Trinajstić information content (AvgIpc) is 2.18. The molecule has 1 aromatic carbocycles. The lowest BCUT2D eigenvalue weighted by atomic mass is 9.94. The van der Waals surface area contributed by atoms with Gasteiger partial charge >= 0.3 is 0 Å². The van der Waals surface area contributed by atoms with Crippen molar-refractivity contribution in [2.45, 2.75) is 25.9 Å². The van der Waals surface area contributed by atoms with Gasteiger partial charge in [0.1, 0.15) is 0 Å². The number of hydrogen-bond donors (Lipinski definition) is 0. The van der Waals surface area contributed by atoms with Crippen LogP contribution in [0.5, 0.6) is 0 Å². The van der Waals surface area contributed by atoms with Crippen molar-refractivity contribution in [1.29, 1.82) is 0 Å². The zero-order chi connectivity index (χ0) is 10.0. The molecule has 0 aromatic heterocycles. The summed E-state index contributed by atoms with van der Waals surface area (Å²) in [6.45, 7) is 5.04. The highest BCUT2D eigenvalue weighted by atomic mass is 16.5. The number of benzene rings is 1. The van der Waals surface area contributed by atoms with Gasteiger partial charge in [-0.25, -0.2) is 0 Å². The summed E-state index contributed by atoms with van der Waals surface area (Å²) in [6.07, 6.45) is 3.25. The normalized spacial score (nSPS) is 20.3. The zero-order valence-electron chi connectivity index (χ0n) is 8.79. The second-order valence-electron chi connectivity index (χ2n) is 4.24. The Balaban J connectivity index is 2.31. The number of ether oxygens (including phenoxy) is 1. The van der Waals surface area contributed by atoms with Crippen LogP contribution >= 0.6 is 0 Å². The third-order valence-corrected chi connectivity index (χ3v) is 2.51. The van der Waals surface area contributed by atoms with Crippen molar-refractivity contribution >= 4 is 5.57 Å². The molecule has 0 N–H and O–H groups in total. The maximum absolute atomic E-state index is 5.64. The molecule has 14 heavy (non-hydrogen) atoms. The van der Waals surface area contributed by atoms with Crippen LogP contribution in [-0.2, 0) is 4.74 Å². The summed E-state index contributed by atoms with van der Waals surface area (Å²) in [5, 5.41) is 0. The molecule has 0 unspecified atom stereocenters. The average molecular weight is 188 g/mol. The minimum atomic E-state index is -0.108. The van der Waals surface area contributed by atoms with Crippen LogP contribution in [-0.4, -0.2) is 12.2 Å². The molecule has 0 amide bonds. The van der Waals surface area contributed by atoms with Crippen LogP contribution in [0.15, 0.2) is 36.4 Å². The highest BCUT2D eigenvalue weighted by Crippen LogP contribution is 2.28. The van der Waals surface area contributed by atoms with Crippen molar-refractivity contribution in [2.24, 2.45) is 0 Å². The van der Waals surface area contributed by atoms with Gasteiger partial charge in [-0.2, -0.15) is 0 Å². The molecule has 1 heteroatoms. The van der Waals surface area contributed by atoms with Crippen LogP contribution in [0, 0.1) is 0 Å². The molecule has 0 atom stereocenters. The molecule has 0 saturated carbocycles. The van der Waals surface area contributed by atoms with Gasteiger partial charge in [0.2, 0.25) is 0 Å². The maximum Gasteiger partial charge on any atom is 0.0812 e. The Morgan fingerprint density at radius 2 is 1.86 bits per heavy atom. The monoisotopic (exact) mass is 188 g/mol. The van der Waals surface area contributed by atoms with Crippen molar-refractivity contribution < 1.29 is 4.74 Å². The van der Waals surface area contributed by atoms with Crippen LogP contribution in [0.4, 0.5) is 0 Å². The second-order valence-corrected chi connectivity index (χ2v) is 4.24. The molecule has 0 bridgehead atoms. The predicted molar refractivity (Wildman–Crippen MR) is 59.1 cm³/mol. The number of hydrogen-bond acceptors (Lipinski definition) is 1. The molecule has 0 aliphatic carbocycles. The van der Waals surface area contributed by atoms with E-state index < -0.39 is 0 Å². The Hall–Kier alpha value is -1.08. The van der Waals surface area contributed by atoms with Gasteiger partial charge in [0.25, 0.3) is 0 Å². The first-order valence-electron chi connectivity index (χ1n) is 5.08. The topological polar surface area (TPSA) is 9.23 Å². The van der Waals surface area contributed by atoms with Crippen LogP contribution in [0.1, 0.15) is 25.8 Å². The van der Waals surface area contributed by atoms with Crippen molar-refractivity contribution in [3.8, 4) is 0 Å². The van der Waals surface area contributed by atoms with E-state index in [4.69, 9.17) is 4.74 Å². The molecular formula is C13H16O. The fourth-order valence-corrected chi connectivity index (χ4v) is 1.84. The minimum absolute atomic E-state index is 0.108. The third kappa shape index (κ3) is 2.05. The van der Waals surface area contributed by atoms with E-state index in [0.29, 0.717) is 0 Å². The zero-order valence-corrected chi connectivity index (χ0v) is 8.79. The Labute approximate surface area is 85.4 Å². The Kier molecular flexibility index (Phi) is 2.42. The van der Waals surface area contributed by atoms with Crippen molar-refractivity contribution in [3.05, 3.63) is 42.0 Å². The lowest BCUT2D eigenvalue weighted by Gasteiger charge is -2.28. The van der Waals surface area contributed by atoms with E-state index in [1.54, 1.807) is 0 Å². The van der Waals surface area contributed by atoms with Crippen LogP contribution in [0.3, 0.4) is 0 Å². The van der Waals surface area contributed by atoms with Gasteiger partial charge in [0.05, 0.1) is 12.2 Å². The summed E-state index contributed by atoms with van der Waals surface area (Å²) >= 11 is 0. The first-order valence-corrected chi connectivity index (χ1v) is 5.08. The SMILES string of the molecule is CC1(C)C=C(c2ccccc2)CCO1. The van der Waals surface area contributed by atoms with Gasteiger partial charge in [0, 0.05) is 0 Å². The smallest absolute Gasteiger partial charge is 0.0812 e. The summed E-state index contributed by atoms with van der Waals surface area (Å²) in [4.78, 5) is 0. The molecular weight excluding hydrogens is 172 g/mol. The molecule has 1 heterocycles. The third-order valence-electron chi connectivity index (χ3n) is 2.51. The summed E-state index contributed by atoms with van der Waals surface area (Å²) < 4.78 is 5.64. The fourth-order valence-electron chi connectivity index (χ4n) is 1.84. The van der Waals surface area contributed by atoms with E-state index in [0.717, 1.165) is 13.0 Å². The summed E-state index contributed by atoms with van der Waals surface area (Å²) in [6, 6.07) is 10.5. The van der Waals surface area contributed by atoms with Gasteiger partial charge in [-0.3, -0.25) is 0 Å². The molecule has 74 valence electrons. The highest BCUT2D eigenvalue weighted by Gasteiger charge is 2.21. The summed E-state index contributed by atoms with van der Waals surface area (Å²) in [7, 11) is 0. The second kappa shape index (κ2) is 3.58. The predicted octanol–water partition coefficient (Wildman–Crippen LogP) is 3.27. The lowest BCUT2D eigenvalue weighted by molar-refractivity contribution is 0.0165. The van der Waals surface area contributed by atoms with Gasteiger partial charge in [0.15, 0.2) is 0 Å². The minimum Gasteiger partial charge on any atom is -0.371 e. The quantitative estimate of drug-likeness (QED) is 0.657. The van der Waals surface area contributed by atoms with E-state index in [9.17, 15) is 0 Å². The van der Waals surface area contributed by atoms with E-state index in [1.807, 2.05) is 0 Å². The molecule has 1 nitrogen and oxygen atoms in total. The standard InChI is InChI=1S/C13H16O/c1-13(2)10-12(8-9-14-13)11-6-4-3-5-7-11/h3-7,10H,8-9H2,1-2H3. The number of rotatable bonds is 1. The first-order chi connectivity index (χ1) is 6.67. The maximum atomic E-state index is 5.64. The Morgan fingerprint density at radius 1 is 1.14 bits per heavy atom. The Bertz CT molecular complexity index is 336.